The van der Waals surface area contributed by atoms with E-state index in [0.717, 1.165) is 6.07 Å². The van der Waals surface area contributed by atoms with Gasteiger partial charge in [0.2, 0.25) is 5.91 Å². The summed E-state index contributed by atoms with van der Waals surface area (Å²) in [5.74, 6) is -1.76. The van der Waals surface area contributed by atoms with Crippen molar-refractivity contribution in [2.24, 2.45) is 5.92 Å². The van der Waals surface area contributed by atoms with Gasteiger partial charge in [-0.05, 0) is 37.0 Å². The Morgan fingerprint density at radius 1 is 1.25 bits per heavy atom. The second-order valence-electron chi connectivity index (χ2n) is 7.09. The predicted molar refractivity (Wildman–Crippen MR) is 95.8 cm³/mol. The molecule has 9 heteroatoms. The molecule has 0 aromatic heterocycles. The molecule has 1 saturated heterocycles. The van der Waals surface area contributed by atoms with Crippen LogP contribution in [0.1, 0.15) is 49.0 Å². The van der Waals surface area contributed by atoms with Gasteiger partial charge in [-0.25, -0.2) is 4.79 Å². The number of amides is 2. The van der Waals surface area contributed by atoms with Crippen molar-refractivity contribution >= 4 is 23.5 Å². The molecule has 2 rings (SSSR count). The Bertz CT molecular complexity index is 762. The minimum atomic E-state index is -4.69. The van der Waals surface area contributed by atoms with Crippen LogP contribution in [0.25, 0.3) is 0 Å². The number of rotatable bonds is 6. The Hall–Kier alpha value is -2.58. The van der Waals surface area contributed by atoms with Crippen molar-refractivity contribution in [1.82, 2.24) is 5.32 Å². The van der Waals surface area contributed by atoms with Crippen LogP contribution in [0.15, 0.2) is 18.2 Å². The molecule has 0 spiro atoms. The van der Waals surface area contributed by atoms with Crippen LogP contribution in [0.3, 0.4) is 0 Å². The van der Waals surface area contributed by atoms with Crippen LogP contribution < -0.4 is 10.2 Å². The monoisotopic (exact) mass is 400 g/mol. The first kappa shape index (κ1) is 21.7. The number of hydrogen-bond acceptors (Lipinski definition) is 4. The normalized spacial score (nSPS) is 15.7. The van der Waals surface area contributed by atoms with Crippen molar-refractivity contribution in [3.63, 3.8) is 0 Å². The average Bonchev–Trinajstić information content (AvgIpc) is 3.04. The van der Waals surface area contributed by atoms with E-state index in [4.69, 9.17) is 0 Å². The first-order valence-corrected chi connectivity index (χ1v) is 8.94. The highest BCUT2D eigenvalue weighted by atomic mass is 19.4. The second kappa shape index (κ2) is 8.62. The number of nitrogens with one attached hydrogen (secondary N) is 1. The van der Waals surface area contributed by atoms with Gasteiger partial charge >= 0.3 is 12.1 Å². The maximum absolute atomic E-state index is 13.3. The Morgan fingerprint density at radius 3 is 2.43 bits per heavy atom. The first-order valence-electron chi connectivity index (χ1n) is 8.94. The summed E-state index contributed by atoms with van der Waals surface area (Å²) in [6.07, 6.45) is -3.63. The number of halogens is 3. The van der Waals surface area contributed by atoms with E-state index >= 15 is 0 Å². The molecule has 1 fully saturated rings. The Kier molecular flexibility index (Phi) is 6.69. The van der Waals surface area contributed by atoms with E-state index in [1.807, 2.05) is 13.8 Å². The van der Waals surface area contributed by atoms with Crippen molar-refractivity contribution in [3.05, 3.63) is 29.3 Å². The van der Waals surface area contributed by atoms with Crippen LogP contribution >= 0.6 is 0 Å². The fourth-order valence-electron chi connectivity index (χ4n) is 3.05. The SMILES string of the molecule is COC(=O)C(CC(C)C)NC(=O)c1cc(N2CCCC2=O)cc(C(F)(F)F)c1. The minimum Gasteiger partial charge on any atom is -0.467 e. The number of ether oxygens (including phenoxy) is 1. The predicted octanol–water partition coefficient (Wildman–Crippen LogP) is 3.15. The molecule has 0 radical (unpaired) electrons. The van der Waals surface area contributed by atoms with E-state index in [1.54, 1.807) is 0 Å². The van der Waals surface area contributed by atoms with Gasteiger partial charge in [-0.1, -0.05) is 13.8 Å². The van der Waals surface area contributed by atoms with Gasteiger partial charge in [-0.2, -0.15) is 13.2 Å². The molecule has 1 N–H and O–H groups in total. The molecule has 0 saturated carbocycles. The summed E-state index contributed by atoms with van der Waals surface area (Å²) in [4.78, 5) is 37.6. The molecule has 1 heterocycles. The lowest BCUT2D eigenvalue weighted by Gasteiger charge is -2.21. The van der Waals surface area contributed by atoms with Crippen LogP contribution in [-0.2, 0) is 20.5 Å². The summed E-state index contributed by atoms with van der Waals surface area (Å²) >= 11 is 0. The van der Waals surface area contributed by atoms with E-state index in [2.05, 4.69) is 10.1 Å². The van der Waals surface area contributed by atoms with Crippen molar-refractivity contribution in [2.45, 2.75) is 45.3 Å². The summed E-state index contributed by atoms with van der Waals surface area (Å²) in [5.41, 5.74) is -1.29. The van der Waals surface area contributed by atoms with Gasteiger partial charge in [0.1, 0.15) is 6.04 Å². The number of nitrogens with zero attached hydrogens (tertiary/aromatic N) is 1. The highest BCUT2D eigenvalue weighted by Crippen LogP contribution is 2.34. The quantitative estimate of drug-likeness (QED) is 0.745. The van der Waals surface area contributed by atoms with Gasteiger partial charge in [-0.3, -0.25) is 9.59 Å². The molecule has 1 unspecified atom stereocenters. The summed E-state index contributed by atoms with van der Waals surface area (Å²) in [6, 6.07) is 1.82. The number of carbonyl (C=O) groups is 3. The third kappa shape index (κ3) is 5.24. The summed E-state index contributed by atoms with van der Waals surface area (Å²) in [5, 5.41) is 2.44. The van der Waals surface area contributed by atoms with Crippen molar-refractivity contribution in [2.75, 3.05) is 18.6 Å². The standard InChI is InChI=1S/C19H23F3N2O4/c1-11(2)7-15(18(27)28-3)23-17(26)12-8-13(19(20,21)22)10-14(9-12)24-6-4-5-16(24)25/h8-11,15H,4-7H2,1-3H3,(H,23,26). The molecule has 1 aromatic rings. The molecule has 2 amide bonds. The number of methoxy groups -OCH3 is 1. The zero-order chi connectivity index (χ0) is 21.1. The van der Waals surface area contributed by atoms with Crippen LogP contribution in [0.5, 0.6) is 0 Å². The Balaban J connectivity index is 2.38. The van der Waals surface area contributed by atoms with Crippen LogP contribution in [-0.4, -0.2) is 37.5 Å². The maximum atomic E-state index is 13.3. The van der Waals surface area contributed by atoms with Crippen molar-refractivity contribution in [1.29, 1.82) is 0 Å². The van der Waals surface area contributed by atoms with Gasteiger partial charge < -0.3 is 15.0 Å². The van der Waals surface area contributed by atoms with E-state index < -0.39 is 29.7 Å². The molecule has 0 bridgehead atoms. The molecule has 0 aliphatic carbocycles. The summed E-state index contributed by atoms with van der Waals surface area (Å²) in [7, 11) is 1.17. The lowest BCUT2D eigenvalue weighted by molar-refractivity contribution is -0.143. The van der Waals surface area contributed by atoms with Gasteiger partial charge in [0, 0.05) is 24.2 Å². The topological polar surface area (TPSA) is 75.7 Å². The molecular formula is C19H23F3N2O4. The fourth-order valence-corrected chi connectivity index (χ4v) is 3.05. The van der Waals surface area contributed by atoms with Gasteiger partial charge in [-0.15, -0.1) is 0 Å². The van der Waals surface area contributed by atoms with E-state index in [9.17, 15) is 27.6 Å². The van der Waals surface area contributed by atoms with E-state index in [1.165, 1.54) is 18.1 Å². The number of hydrogen-bond donors (Lipinski definition) is 1. The highest BCUT2D eigenvalue weighted by Gasteiger charge is 2.34. The number of esters is 1. The zero-order valence-electron chi connectivity index (χ0n) is 15.9. The smallest absolute Gasteiger partial charge is 0.416 e. The zero-order valence-corrected chi connectivity index (χ0v) is 15.9. The molecule has 154 valence electrons. The first-order chi connectivity index (χ1) is 13.0. The molecule has 1 aliphatic heterocycles. The van der Waals surface area contributed by atoms with Crippen LogP contribution in [0, 0.1) is 5.92 Å². The molecule has 1 aromatic carbocycles. The third-order valence-corrected chi connectivity index (χ3v) is 4.39. The fraction of sp³-hybridized carbons (Fsp3) is 0.526. The second-order valence-corrected chi connectivity index (χ2v) is 7.09. The summed E-state index contributed by atoms with van der Waals surface area (Å²) in [6.45, 7) is 3.96. The Labute approximate surface area is 161 Å². The number of carbonyl (C=O) groups excluding carboxylic acids is 3. The molecule has 6 nitrogen and oxygen atoms in total. The molecule has 28 heavy (non-hydrogen) atoms. The van der Waals surface area contributed by atoms with Gasteiger partial charge in [0.05, 0.1) is 12.7 Å². The summed E-state index contributed by atoms with van der Waals surface area (Å²) < 4.78 is 44.6. The van der Waals surface area contributed by atoms with Crippen molar-refractivity contribution < 1.29 is 32.3 Å². The number of alkyl halides is 3. The molecule has 1 aliphatic rings. The van der Waals surface area contributed by atoms with Gasteiger partial charge in [0.15, 0.2) is 0 Å². The largest absolute Gasteiger partial charge is 0.467 e. The third-order valence-electron chi connectivity index (χ3n) is 4.39. The number of benzene rings is 1. The lowest BCUT2D eigenvalue weighted by Crippen LogP contribution is -2.42. The lowest BCUT2D eigenvalue weighted by atomic mass is 10.0. The highest BCUT2D eigenvalue weighted by molar-refractivity contribution is 6.00. The van der Waals surface area contributed by atoms with Crippen LogP contribution in [0.2, 0.25) is 0 Å². The van der Waals surface area contributed by atoms with E-state index in [-0.39, 0.29) is 35.9 Å². The molecule has 1 atom stereocenters. The maximum Gasteiger partial charge on any atom is 0.416 e. The minimum absolute atomic E-state index is 0.0148. The van der Waals surface area contributed by atoms with Crippen molar-refractivity contribution in [3.8, 4) is 0 Å². The molecular weight excluding hydrogens is 377 g/mol. The Morgan fingerprint density at radius 2 is 1.93 bits per heavy atom. The number of anilines is 1. The van der Waals surface area contributed by atoms with Crippen LogP contribution in [0.4, 0.5) is 18.9 Å². The van der Waals surface area contributed by atoms with E-state index in [0.29, 0.717) is 19.0 Å². The van der Waals surface area contributed by atoms with Gasteiger partial charge in [0.25, 0.3) is 5.91 Å². The average molecular weight is 400 g/mol.